The van der Waals surface area contributed by atoms with Crippen LogP contribution in [-0.2, 0) is 21.2 Å². The van der Waals surface area contributed by atoms with Crippen LogP contribution in [0.5, 0.6) is 0 Å². The van der Waals surface area contributed by atoms with E-state index in [1.165, 1.54) is 22.2 Å². The number of sulfone groups is 1. The standard InChI is InChI=1S/C18H19N3O4S3/c1-2-21(12-5-7-28(24,25)10-12)15(22)8-20-11-19-17-16(18(20)23)13(9-27-17)14-4-3-6-26-14/h3-4,6,9,11-12H,2,5,7-8,10H2,1H3. The summed E-state index contributed by atoms with van der Waals surface area (Å²) >= 11 is 2.95. The molecule has 148 valence electrons. The number of fused-ring (bicyclic) bond motifs is 1. The van der Waals surface area contributed by atoms with E-state index in [9.17, 15) is 18.0 Å². The molecular weight excluding hydrogens is 418 g/mol. The van der Waals surface area contributed by atoms with E-state index in [-0.39, 0.29) is 35.6 Å². The molecule has 0 saturated carbocycles. The van der Waals surface area contributed by atoms with Crippen LogP contribution in [0.25, 0.3) is 20.7 Å². The molecule has 7 nitrogen and oxygen atoms in total. The molecule has 1 unspecified atom stereocenters. The van der Waals surface area contributed by atoms with Crippen molar-refractivity contribution in [2.75, 3.05) is 18.1 Å². The smallest absolute Gasteiger partial charge is 0.263 e. The highest BCUT2D eigenvalue weighted by molar-refractivity contribution is 7.91. The van der Waals surface area contributed by atoms with Gasteiger partial charge >= 0.3 is 0 Å². The first-order valence-corrected chi connectivity index (χ1v) is 12.5. The third-order valence-corrected chi connectivity index (χ3v) is 8.50. The zero-order valence-corrected chi connectivity index (χ0v) is 17.6. The Hall–Kier alpha value is -2.04. The van der Waals surface area contributed by atoms with Crippen LogP contribution in [-0.4, -0.2) is 52.9 Å². The number of amides is 1. The molecule has 0 aliphatic carbocycles. The summed E-state index contributed by atoms with van der Waals surface area (Å²) < 4.78 is 24.8. The van der Waals surface area contributed by atoms with Crippen molar-refractivity contribution in [3.05, 3.63) is 39.6 Å². The predicted octanol–water partition coefficient (Wildman–Crippen LogP) is 2.22. The molecule has 4 rings (SSSR count). The first-order chi connectivity index (χ1) is 13.4. The number of hydrogen-bond acceptors (Lipinski definition) is 7. The lowest BCUT2D eigenvalue weighted by Crippen LogP contribution is -2.43. The lowest BCUT2D eigenvalue weighted by molar-refractivity contribution is -0.133. The minimum Gasteiger partial charge on any atom is -0.337 e. The molecule has 0 aromatic carbocycles. The van der Waals surface area contributed by atoms with Crippen molar-refractivity contribution in [3.8, 4) is 10.4 Å². The normalized spacial score (nSPS) is 18.5. The lowest BCUT2D eigenvalue weighted by atomic mass is 10.2. The average Bonchev–Trinajstić information content (AvgIpc) is 3.37. The van der Waals surface area contributed by atoms with E-state index >= 15 is 0 Å². The van der Waals surface area contributed by atoms with Gasteiger partial charge in [-0.2, -0.15) is 0 Å². The number of likely N-dealkylation sites (N-methyl/N-ethyl adjacent to an activating group) is 1. The lowest BCUT2D eigenvalue weighted by Gasteiger charge is -2.27. The van der Waals surface area contributed by atoms with Crippen molar-refractivity contribution in [1.29, 1.82) is 0 Å². The van der Waals surface area contributed by atoms with Gasteiger partial charge in [-0.15, -0.1) is 22.7 Å². The van der Waals surface area contributed by atoms with Gasteiger partial charge in [0.25, 0.3) is 5.56 Å². The van der Waals surface area contributed by atoms with Gasteiger partial charge in [0.1, 0.15) is 11.4 Å². The Labute approximate surface area is 170 Å². The van der Waals surface area contributed by atoms with Gasteiger partial charge in [0.2, 0.25) is 5.91 Å². The van der Waals surface area contributed by atoms with Gasteiger partial charge in [0, 0.05) is 28.4 Å². The van der Waals surface area contributed by atoms with E-state index in [0.717, 1.165) is 10.4 Å². The second kappa shape index (κ2) is 7.41. The average molecular weight is 438 g/mol. The fraction of sp³-hybridized carbons (Fsp3) is 0.389. The number of carbonyl (C=O) groups is 1. The van der Waals surface area contributed by atoms with Crippen molar-refractivity contribution in [3.63, 3.8) is 0 Å². The number of thiophene rings is 2. The summed E-state index contributed by atoms with van der Waals surface area (Å²) in [5, 5.41) is 4.39. The number of hydrogen-bond donors (Lipinski definition) is 0. The van der Waals surface area contributed by atoms with Gasteiger partial charge in [0.05, 0.1) is 23.2 Å². The highest BCUT2D eigenvalue weighted by Gasteiger charge is 2.34. The van der Waals surface area contributed by atoms with Crippen molar-refractivity contribution < 1.29 is 13.2 Å². The molecule has 0 N–H and O–H groups in total. The van der Waals surface area contributed by atoms with Gasteiger partial charge in [-0.3, -0.25) is 14.2 Å². The molecule has 4 heterocycles. The third kappa shape index (κ3) is 3.51. The maximum Gasteiger partial charge on any atom is 0.263 e. The van der Waals surface area contributed by atoms with E-state index in [0.29, 0.717) is 23.2 Å². The summed E-state index contributed by atoms with van der Waals surface area (Å²) in [5.74, 6) is -0.166. The fourth-order valence-electron chi connectivity index (χ4n) is 3.59. The molecule has 1 amide bonds. The number of rotatable bonds is 5. The van der Waals surface area contributed by atoms with Crippen LogP contribution in [0, 0.1) is 0 Å². The molecule has 0 spiro atoms. The Morgan fingerprint density at radius 1 is 1.39 bits per heavy atom. The van der Waals surface area contributed by atoms with Crippen molar-refractivity contribution >= 4 is 48.6 Å². The van der Waals surface area contributed by atoms with Crippen molar-refractivity contribution in [1.82, 2.24) is 14.5 Å². The van der Waals surface area contributed by atoms with Crippen LogP contribution in [0.3, 0.4) is 0 Å². The SMILES string of the molecule is CCN(C(=O)Cn1cnc2scc(-c3cccs3)c2c1=O)C1CCS(=O)(=O)C1. The molecule has 3 aromatic rings. The maximum atomic E-state index is 13.0. The minimum absolute atomic E-state index is 0.00811. The Kier molecular flexibility index (Phi) is 5.11. The topological polar surface area (TPSA) is 89.3 Å². The van der Waals surface area contributed by atoms with E-state index in [4.69, 9.17) is 0 Å². The maximum absolute atomic E-state index is 13.0. The number of carbonyl (C=O) groups excluding carboxylic acids is 1. The molecule has 1 aliphatic rings. The van der Waals surface area contributed by atoms with Gasteiger partial charge in [0.15, 0.2) is 9.84 Å². The fourth-order valence-corrected chi connectivity index (χ4v) is 7.04. The molecule has 1 saturated heterocycles. The number of aromatic nitrogens is 2. The summed E-state index contributed by atoms with van der Waals surface area (Å²) in [6, 6.07) is 3.56. The Morgan fingerprint density at radius 2 is 2.21 bits per heavy atom. The zero-order valence-electron chi connectivity index (χ0n) is 15.2. The van der Waals surface area contributed by atoms with Crippen molar-refractivity contribution in [2.45, 2.75) is 25.9 Å². The van der Waals surface area contributed by atoms with Gasteiger partial charge in [-0.25, -0.2) is 13.4 Å². The first kappa shape index (κ1) is 19.3. The second-order valence-electron chi connectivity index (χ2n) is 6.72. The Bertz CT molecular complexity index is 1180. The summed E-state index contributed by atoms with van der Waals surface area (Å²) in [7, 11) is -3.09. The Morgan fingerprint density at radius 3 is 2.86 bits per heavy atom. The molecule has 0 radical (unpaired) electrons. The van der Waals surface area contributed by atoms with Crippen LogP contribution in [0.15, 0.2) is 34.0 Å². The largest absolute Gasteiger partial charge is 0.337 e. The minimum atomic E-state index is -3.09. The monoisotopic (exact) mass is 437 g/mol. The second-order valence-corrected chi connectivity index (χ2v) is 10.8. The molecule has 1 atom stereocenters. The van der Waals surface area contributed by atoms with E-state index in [1.54, 1.807) is 16.2 Å². The van der Waals surface area contributed by atoms with E-state index in [2.05, 4.69) is 4.98 Å². The molecule has 3 aromatic heterocycles. The molecule has 1 aliphatic heterocycles. The Balaban J connectivity index is 1.64. The third-order valence-electron chi connectivity index (χ3n) is 4.96. The molecule has 0 bridgehead atoms. The predicted molar refractivity (Wildman–Crippen MR) is 112 cm³/mol. The highest BCUT2D eigenvalue weighted by atomic mass is 32.2. The summed E-state index contributed by atoms with van der Waals surface area (Å²) in [6.45, 7) is 2.08. The zero-order chi connectivity index (χ0) is 19.9. The van der Waals surface area contributed by atoms with Crippen LogP contribution in [0.2, 0.25) is 0 Å². The van der Waals surface area contributed by atoms with Gasteiger partial charge in [-0.1, -0.05) is 6.07 Å². The summed E-state index contributed by atoms with van der Waals surface area (Å²) in [4.78, 5) is 33.4. The van der Waals surface area contributed by atoms with Gasteiger partial charge < -0.3 is 4.90 Å². The highest BCUT2D eigenvalue weighted by Crippen LogP contribution is 2.33. The van der Waals surface area contributed by atoms with Crippen LogP contribution >= 0.6 is 22.7 Å². The molecule has 1 fully saturated rings. The molecule has 28 heavy (non-hydrogen) atoms. The van der Waals surface area contributed by atoms with E-state index < -0.39 is 9.84 Å². The van der Waals surface area contributed by atoms with E-state index in [1.807, 2.05) is 29.8 Å². The molecule has 10 heteroatoms. The summed E-state index contributed by atoms with van der Waals surface area (Å²) in [6.07, 6.45) is 1.84. The summed E-state index contributed by atoms with van der Waals surface area (Å²) in [5.41, 5.74) is 0.585. The first-order valence-electron chi connectivity index (χ1n) is 8.90. The van der Waals surface area contributed by atoms with Crippen LogP contribution < -0.4 is 5.56 Å². The van der Waals surface area contributed by atoms with Crippen LogP contribution in [0.1, 0.15) is 13.3 Å². The number of nitrogens with zero attached hydrogens (tertiary/aromatic N) is 3. The quantitative estimate of drug-likeness (QED) is 0.611. The van der Waals surface area contributed by atoms with Gasteiger partial charge in [-0.05, 0) is 24.8 Å². The molecular formula is C18H19N3O4S3. The van der Waals surface area contributed by atoms with Crippen LogP contribution in [0.4, 0.5) is 0 Å². The van der Waals surface area contributed by atoms with Crippen molar-refractivity contribution in [2.24, 2.45) is 0 Å².